The Morgan fingerprint density at radius 1 is 0.871 bits per heavy atom. The monoisotopic (exact) mass is 446 g/mol. The van der Waals surface area contributed by atoms with Gasteiger partial charge in [0, 0.05) is 0 Å². The van der Waals surface area contributed by atoms with Crippen molar-refractivity contribution in [3.8, 4) is 0 Å². The molecule has 0 radical (unpaired) electrons. The van der Waals surface area contributed by atoms with Gasteiger partial charge in [-0.1, -0.05) is 75.8 Å². The normalized spacial score (nSPS) is 29.1. The molecule has 5 atom stereocenters. The van der Waals surface area contributed by atoms with Crippen LogP contribution in [0, 0.1) is 17.8 Å². The molecule has 0 N–H and O–H groups in total. The Kier molecular flexibility index (Phi) is 8.79. The van der Waals surface area contributed by atoms with Gasteiger partial charge in [0.05, 0.1) is 30.2 Å². The molecule has 0 amide bonds. The second-order valence-electron chi connectivity index (χ2n) is 10.2. The molecule has 1 aliphatic heterocycles. The van der Waals surface area contributed by atoms with Gasteiger partial charge in [0.1, 0.15) is 0 Å². The lowest BCUT2D eigenvalue weighted by Crippen LogP contribution is -2.39. The Labute approximate surface area is 194 Å². The van der Waals surface area contributed by atoms with E-state index in [1.54, 1.807) is 0 Å². The predicted molar refractivity (Wildman–Crippen MR) is 128 cm³/mol. The summed E-state index contributed by atoms with van der Waals surface area (Å²) in [4.78, 5) is 0. The van der Waals surface area contributed by atoms with E-state index in [9.17, 15) is 0 Å². The van der Waals surface area contributed by atoms with E-state index in [-0.39, 0.29) is 36.6 Å². The van der Waals surface area contributed by atoms with Crippen molar-refractivity contribution < 1.29 is 14.0 Å². The summed E-state index contributed by atoms with van der Waals surface area (Å²) >= 11 is 6.99. The van der Waals surface area contributed by atoms with Crippen LogP contribution in [0.5, 0.6) is 0 Å². The fraction of sp³-hybridized carbons (Fsp3) is 0.769. The third-order valence-electron chi connectivity index (χ3n) is 7.99. The topological polar surface area (TPSA) is 27.7 Å². The van der Waals surface area contributed by atoms with Gasteiger partial charge in [0.15, 0.2) is 0 Å². The Morgan fingerprint density at radius 2 is 1.39 bits per heavy atom. The van der Waals surface area contributed by atoms with Gasteiger partial charge in [-0.25, -0.2) is 0 Å². The van der Waals surface area contributed by atoms with E-state index >= 15 is 0 Å². The number of rotatable bonds is 8. The van der Waals surface area contributed by atoms with Crippen LogP contribution in [0.25, 0.3) is 0 Å². The fourth-order valence-electron chi connectivity index (χ4n) is 5.79. The minimum absolute atomic E-state index is 0.0387. The largest absolute Gasteiger partial charge is 0.476 e. The van der Waals surface area contributed by atoms with E-state index in [0.717, 1.165) is 0 Å². The van der Waals surface area contributed by atoms with Gasteiger partial charge in [-0.15, -0.1) is 11.6 Å². The Balaban J connectivity index is 1.37. The smallest absolute Gasteiger partial charge is 0.404 e. The molecule has 5 heteroatoms. The number of alkyl halides is 1. The van der Waals surface area contributed by atoms with Crippen LogP contribution in [-0.4, -0.2) is 30.7 Å². The van der Waals surface area contributed by atoms with Gasteiger partial charge in [0.2, 0.25) is 0 Å². The summed E-state index contributed by atoms with van der Waals surface area (Å²) in [7, 11) is -0.321. The molecular formula is C26H40BClO3. The quantitative estimate of drug-likeness (QED) is 0.324. The predicted octanol–water partition coefficient (Wildman–Crippen LogP) is 6.81. The summed E-state index contributed by atoms with van der Waals surface area (Å²) in [6, 6.07) is 10.3. The molecule has 1 aromatic rings. The second-order valence-corrected chi connectivity index (χ2v) is 10.7. The van der Waals surface area contributed by atoms with Crippen molar-refractivity contribution in [3.63, 3.8) is 0 Å². The van der Waals surface area contributed by atoms with Crippen LogP contribution in [0.15, 0.2) is 30.3 Å². The first-order valence-corrected chi connectivity index (χ1v) is 13.2. The maximum absolute atomic E-state index is 6.99. The summed E-state index contributed by atoms with van der Waals surface area (Å²) in [6.45, 7) is 4.90. The summed E-state index contributed by atoms with van der Waals surface area (Å²) < 4.78 is 19.5. The molecule has 0 spiro atoms. The van der Waals surface area contributed by atoms with Gasteiger partial charge in [0.25, 0.3) is 0 Å². The lowest BCUT2D eigenvalue weighted by atomic mass is 9.75. The highest BCUT2D eigenvalue weighted by Gasteiger charge is 2.51. The van der Waals surface area contributed by atoms with Crippen LogP contribution in [0.4, 0.5) is 0 Å². The van der Waals surface area contributed by atoms with Crippen molar-refractivity contribution in [2.75, 3.05) is 0 Å². The molecule has 2 saturated carbocycles. The molecule has 0 bridgehead atoms. The van der Waals surface area contributed by atoms with E-state index in [2.05, 4.69) is 26.0 Å². The van der Waals surface area contributed by atoms with Crippen molar-refractivity contribution in [3.05, 3.63) is 35.9 Å². The number of hydrogen-bond donors (Lipinski definition) is 0. The number of hydrogen-bond acceptors (Lipinski definition) is 3. The average Bonchev–Trinajstić information content (AvgIpc) is 3.29. The SMILES string of the molecule is C[C@H]([C@@H](C)OCc1ccccc1)[C@@H](Cl)B1O[C@H](C2CCCCC2)[C@@H](C2CCCCC2)O1. The molecule has 1 saturated heterocycles. The zero-order valence-electron chi connectivity index (χ0n) is 19.4. The Morgan fingerprint density at radius 3 is 1.90 bits per heavy atom. The zero-order valence-corrected chi connectivity index (χ0v) is 20.1. The first-order chi connectivity index (χ1) is 15.1. The van der Waals surface area contributed by atoms with E-state index < -0.39 is 0 Å². The molecule has 3 aliphatic rings. The lowest BCUT2D eigenvalue weighted by Gasteiger charge is -2.35. The number of benzene rings is 1. The van der Waals surface area contributed by atoms with Crippen molar-refractivity contribution in [2.45, 2.75) is 108 Å². The van der Waals surface area contributed by atoms with E-state index in [0.29, 0.717) is 18.4 Å². The molecule has 2 aliphatic carbocycles. The van der Waals surface area contributed by atoms with Crippen molar-refractivity contribution in [1.82, 2.24) is 0 Å². The maximum Gasteiger partial charge on any atom is 0.476 e. The zero-order chi connectivity index (χ0) is 21.6. The molecule has 0 unspecified atom stereocenters. The average molecular weight is 447 g/mol. The highest BCUT2D eigenvalue weighted by atomic mass is 35.5. The number of ether oxygens (including phenoxy) is 1. The van der Waals surface area contributed by atoms with Gasteiger partial charge in [-0.2, -0.15) is 0 Å². The van der Waals surface area contributed by atoms with Crippen molar-refractivity contribution in [1.29, 1.82) is 0 Å². The van der Waals surface area contributed by atoms with E-state index in [1.807, 2.05) is 18.2 Å². The fourth-order valence-corrected chi connectivity index (χ4v) is 6.12. The van der Waals surface area contributed by atoms with Crippen LogP contribution in [-0.2, 0) is 20.7 Å². The summed E-state index contributed by atoms with van der Waals surface area (Å²) in [5, 5.41) is -0.203. The molecule has 1 aromatic carbocycles. The second kappa shape index (κ2) is 11.5. The first-order valence-electron chi connectivity index (χ1n) is 12.7. The lowest BCUT2D eigenvalue weighted by molar-refractivity contribution is 0.0196. The van der Waals surface area contributed by atoms with Crippen LogP contribution in [0.2, 0.25) is 0 Å². The van der Waals surface area contributed by atoms with Crippen LogP contribution < -0.4 is 0 Å². The van der Waals surface area contributed by atoms with Gasteiger partial charge < -0.3 is 14.0 Å². The van der Waals surface area contributed by atoms with Crippen LogP contribution >= 0.6 is 11.6 Å². The Bertz CT molecular complexity index is 621. The van der Waals surface area contributed by atoms with Crippen LogP contribution in [0.1, 0.15) is 83.6 Å². The first kappa shape index (κ1) is 23.6. The van der Waals surface area contributed by atoms with Crippen molar-refractivity contribution in [2.24, 2.45) is 17.8 Å². The molecule has 1 heterocycles. The van der Waals surface area contributed by atoms with Gasteiger partial charge in [-0.05, 0) is 55.9 Å². The van der Waals surface area contributed by atoms with Crippen LogP contribution in [0.3, 0.4) is 0 Å². The minimum Gasteiger partial charge on any atom is -0.404 e. The van der Waals surface area contributed by atoms with Crippen molar-refractivity contribution >= 4 is 18.7 Å². The molecule has 31 heavy (non-hydrogen) atoms. The molecule has 172 valence electrons. The molecule has 3 nitrogen and oxygen atoms in total. The summed E-state index contributed by atoms with van der Waals surface area (Å²) in [5.74, 6) is 1.42. The van der Waals surface area contributed by atoms with E-state index in [4.69, 9.17) is 25.6 Å². The molecule has 4 rings (SSSR count). The highest BCUT2D eigenvalue weighted by molar-refractivity contribution is 6.59. The Hall–Kier alpha value is -0.545. The molecule has 3 fully saturated rings. The standard InChI is InChI=1S/C26H40BClO3/c1-19(20(2)29-18-21-12-6-3-7-13-21)26(28)27-30-24(22-14-8-4-9-15-22)25(31-27)23-16-10-5-11-17-23/h3,6-7,12-13,19-20,22-26H,4-5,8-11,14-18H2,1-2H3/t19-,20-,24-,25-,26-/m1/s1. The van der Waals surface area contributed by atoms with Gasteiger partial charge >= 0.3 is 7.12 Å². The highest BCUT2D eigenvalue weighted by Crippen LogP contribution is 2.42. The third kappa shape index (κ3) is 6.07. The maximum atomic E-state index is 6.99. The minimum atomic E-state index is -0.321. The molecule has 0 aromatic heterocycles. The van der Waals surface area contributed by atoms with Gasteiger partial charge in [-0.3, -0.25) is 0 Å². The summed E-state index contributed by atoms with van der Waals surface area (Å²) in [6.07, 6.45) is 13.7. The summed E-state index contributed by atoms with van der Waals surface area (Å²) in [5.41, 5.74) is 1.19. The van der Waals surface area contributed by atoms with E-state index in [1.165, 1.54) is 69.8 Å². The number of halogens is 1. The third-order valence-corrected chi connectivity index (χ3v) is 8.60. The molecular weight excluding hydrogens is 407 g/mol.